The number of rotatable bonds is 10. The van der Waals surface area contributed by atoms with Gasteiger partial charge in [-0.1, -0.05) is 44.2 Å². The summed E-state index contributed by atoms with van der Waals surface area (Å²) in [6.45, 7) is 6.80. The van der Waals surface area contributed by atoms with E-state index < -0.39 is 16.1 Å². The van der Waals surface area contributed by atoms with Crippen LogP contribution in [-0.2, 0) is 21.2 Å². The number of benzene rings is 2. The van der Waals surface area contributed by atoms with E-state index in [1.165, 1.54) is 12.1 Å². The summed E-state index contributed by atoms with van der Waals surface area (Å²) >= 11 is 0. The first-order valence-corrected chi connectivity index (χ1v) is 10.9. The maximum Gasteiger partial charge on any atom is 0.241 e. The Bertz CT molecular complexity index is 850. The third-order valence-electron chi connectivity index (χ3n) is 4.03. The van der Waals surface area contributed by atoms with Crippen molar-refractivity contribution in [1.29, 1.82) is 0 Å². The largest absolute Gasteiger partial charge is 0.494 e. The standard InChI is InChI=1S/C21H28N2O4S/c1-4-27-18-10-12-19(13-11-18)28(25,26)23-20(21(24)22-15-16(2)3)14-17-8-6-5-7-9-17/h5-13,16,20,23H,4,14-15H2,1-3H3,(H,22,24)/t20-/m1/s1. The molecule has 0 aliphatic carbocycles. The van der Waals surface area contributed by atoms with Crippen LogP contribution in [0.15, 0.2) is 59.5 Å². The Labute approximate surface area is 167 Å². The van der Waals surface area contributed by atoms with Gasteiger partial charge in [-0.2, -0.15) is 4.72 Å². The van der Waals surface area contributed by atoms with E-state index in [2.05, 4.69) is 10.0 Å². The Morgan fingerprint density at radius 2 is 1.68 bits per heavy atom. The molecule has 0 heterocycles. The molecule has 0 unspecified atom stereocenters. The molecule has 0 spiro atoms. The van der Waals surface area contributed by atoms with E-state index >= 15 is 0 Å². The number of carbonyl (C=O) groups is 1. The fourth-order valence-corrected chi connectivity index (χ4v) is 3.80. The molecule has 6 nitrogen and oxygen atoms in total. The summed E-state index contributed by atoms with van der Waals surface area (Å²) in [4.78, 5) is 12.7. The number of hydrogen-bond acceptors (Lipinski definition) is 4. The van der Waals surface area contributed by atoms with Gasteiger partial charge in [0, 0.05) is 6.54 Å². The van der Waals surface area contributed by atoms with Crippen LogP contribution in [-0.4, -0.2) is 33.5 Å². The van der Waals surface area contributed by atoms with Gasteiger partial charge in [-0.15, -0.1) is 0 Å². The van der Waals surface area contributed by atoms with Gasteiger partial charge in [0.1, 0.15) is 11.8 Å². The molecule has 1 amide bonds. The fraction of sp³-hybridized carbons (Fsp3) is 0.381. The number of hydrogen-bond donors (Lipinski definition) is 2. The van der Waals surface area contributed by atoms with Gasteiger partial charge >= 0.3 is 0 Å². The zero-order valence-corrected chi connectivity index (χ0v) is 17.3. The Balaban J connectivity index is 2.20. The molecule has 0 radical (unpaired) electrons. The number of ether oxygens (including phenoxy) is 1. The van der Waals surface area contributed by atoms with E-state index in [-0.39, 0.29) is 23.1 Å². The second-order valence-corrected chi connectivity index (χ2v) is 8.62. The van der Waals surface area contributed by atoms with Gasteiger partial charge in [-0.3, -0.25) is 4.79 Å². The van der Waals surface area contributed by atoms with Gasteiger partial charge in [-0.25, -0.2) is 8.42 Å². The Kier molecular flexibility index (Phi) is 8.02. The summed E-state index contributed by atoms with van der Waals surface area (Å²) < 4.78 is 33.5. The maximum absolute atomic E-state index is 12.8. The van der Waals surface area contributed by atoms with Gasteiger partial charge in [-0.05, 0) is 49.1 Å². The van der Waals surface area contributed by atoms with Crippen LogP contribution < -0.4 is 14.8 Å². The number of sulfonamides is 1. The molecule has 2 rings (SSSR count). The Hall–Kier alpha value is -2.38. The van der Waals surface area contributed by atoms with Crippen LogP contribution in [0.4, 0.5) is 0 Å². The van der Waals surface area contributed by atoms with Crippen LogP contribution in [0, 0.1) is 5.92 Å². The Morgan fingerprint density at radius 3 is 2.25 bits per heavy atom. The molecule has 0 saturated heterocycles. The molecule has 0 fully saturated rings. The van der Waals surface area contributed by atoms with E-state index in [0.29, 0.717) is 18.9 Å². The van der Waals surface area contributed by atoms with Crippen LogP contribution in [0.5, 0.6) is 5.75 Å². The molecule has 0 saturated carbocycles. The second-order valence-electron chi connectivity index (χ2n) is 6.91. The molecule has 152 valence electrons. The highest BCUT2D eigenvalue weighted by molar-refractivity contribution is 7.89. The van der Waals surface area contributed by atoms with Crippen LogP contribution in [0.1, 0.15) is 26.3 Å². The lowest BCUT2D eigenvalue weighted by Gasteiger charge is -2.19. The predicted octanol–water partition coefficient (Wildman–Crippen LogP) is 2.75. The molecule has 2 N–H and O–H groups in total. The predicted molar refractivity (Wildman–Crippen MR) is 110 cm³/mol. The van der Waals surface area contributed by atoms with Crippen LogP contribution in [0.3, 0.4) is 0 Å². The minimum absolute atomic E-state index is 0.0886. The lowest BCUT2D eigenvalue weighted by atomic mass is 10.1. The summed E-state index contributed by atoms with van der Waals surface area (Å²) in [7, 11) is -3.86. The molecule has 28 heavy (non-hydrogen) atoms. The molecule has 0 aromatic heterocycles. The van der Waals surface area contributed by atoms with Crippen molar-refractivity contribution in [1.82, 2.24) is 10.0 Å². The van der Waals surface area contributed by atoms with Crippen LogP contribution in [0.25, 0.3) is 0 Å². The normalized spacial score (nSPS) is 12.6. The minimum Gasteiger partial charge on any atom is -0.494 e. The van der Waals surface area contributed by atoms with Crippen molar-refractivity contribution >= 4 is 15.9 Å². The Morgan fingerprint density at radius 1 is 1.04 bits per heavy atom. The van der Waals surface area contributed by atoms with Crippen molar-refractivity contribution in [3.8, 4) is 5.75 Å². The van der Waals surface area contributed by atoms with Gasteiger partial charge in [0.15, 0.2) is 0 Å². The number of nitrogens with one attached hydrogen (secondary N) is 2. The lowest BCUT2D eigenvalue weighted by molar-refractivity contribution is -0.122. The highest BCUT2D eigenvalue weighted by Crippen LogP contribution is 2.17. The van der Waals surface area contributed by atoms with Crippen molar-refractivity contribution in [2.45, 2.75) is 38.1 Å². The van der Waals surface area contributed by atoms with E-state index in [1.807, 2.05) is 51.1 Å². The zero-order chi connectivity index (χ0) is 20.6. The van der Waals surface area contributed by atoms with Gasteiger partial charge in [0.2, 0.25) is 15.9 Å². The summed E-state index contributed by atoms with van der Waals surface area (Å²) in [6.07, 6.45) is 0.265. The van der Waals surface area contributed by atoms with Gasteiger partial charge in [0.05, 0.1) is 11.5 Å². The molecule has 2 aromatic carbocycles. The monoisotopic (exact) mass is 404 g/mol. The zero-order valence-electron chi connectivity index (χ0n) is 16.5. The first-order chi connectivity index (χ1) is 13.3. The molecule has 0 aliphatic rings. The first kappa shape index (κ1) is 21.9. The molecule has 0 aliphatic heterocycles. The lowest BCUT2D eigenvalue weighted by Crippen LogP contribution is -2.48. The van der Waals surface area contributed by atoms with Crippen molar-refractivity contribution in [2.24, 2.45) is 5.92 Å². The smallest absolute Gasteiger partial charge is 0.241 e. The maximum atomic E-state index is 12.8. The van der Waals surface area contributed by atoms with E-state index in [9.17, 15) is 13.2 Å². The van der Waals surface area contributed by atoms with Gasteiger partial charge < -0.3 is 10.1 Å². The average Bonchev–Trinajstić information content (AvgIpc) is 2.67. The molecule has 2 aromatic rings. The SMILES string of the molecule is CCOc1ccc(S(=O)(=O)N[C@H](Cc2ccccc2)C(=O)NCC(C)C)cc1. The minimum atomic E-state index is -3.86. The fourth-order valence-electron chi connectivity index (χ4n) is 2.60. The van der Waals surface area contributed by atoms with E-state index in [1.54, 1.807) is 12.1 Å². The van der Waals surface area contributed by atoms with Crippen molar-refractivity contribution in [2.75, 3.05) is 13.2 Å². The summed E-state index contributed by atoms with van der Waals surface area (Å²) in [6, 6.07) is 14.6. The highest BCUT2D eigenvalue weighted by Gasteiger charge is 2.26. The highest BCUT2D eigenvalue weighted by atomic mass is 32.2. The average molecular weight is 405 g/mol. The third-order valence-corrected chi connectivity index (χ3v) is 5.51. The van der Waals surface area contributed by atoms with E-state index in [0.717, 1.165) is 5.56 Å². The van der Waals surface area contributed by atoms with Crippen LogP contribution in [0.2, 0.25) is 0 Å². The molecule has 1 atom stereocenters. The second kappa shape index (κ2) is 10.2. The summed E-state index contributed by atoms with van der Waals surface area (Å²) in [5.41, 5.74) is 0.876. The third kappa shape index (κ3) is 6.65. The van der Waals surface area contributed by atoms with Crippen molar-refractivity contribution in [3.05, 3.63) is 60.2 Å². The van der Waals surface area contributed by atoms with Crippen LogP contribution >= 0.6 is 0 Å². The van der Waals surface area contributed by atoms with Crippen molar-refractivity contribution in [3.63, 3.8) is 0 Å². The molecular weight excluding hydrogens is 376 g/mol. The van der Waals surface area contributed by atoms with Gasteiger partial charge in [0.25, 0.3) is 0 Å². The molecule has 7 heteroatoms. The topological polar surface area (TPSA) is 84.5 Å². The quantitative estimate of drug-likeness (QED) is 0.638. The molecular formula is C21H28N2O4S. The molecule has 0 bridgehead atoms. The number of amides is 1. The number of carbonyl (C=O) groups excluding carboxylic acids is 1. The van der Waals surface area contributed by atoms with Crippen molar-refractivity contribution < 1.29 is 17.9 Å². The van der Waals surface area contributed by atoms with E-state index in [4.69, 9.17) is 4.74 Å². The summed E-state index contributed by atoms with van der Waals surface area (Å²) in [5, 5.41) is 2.82. The first-order valence-electron chi connectivity index (χ1n) is 9.38. The summed E-state index contributed by atoms with van der Waals surface area (Å²) in [5.74, 6) is 0.521.